The largest absolute Gasteiger partial charge is 0.494 e. The maximum Gasteiger partial charge on any atom is 0.246 e. The van der Waals surface area contributed by atoms with Crippen molar-refractivity contribution in [1.82, 2.24) is 14.8 Å². The van der Waals surface area contributed by atoms with Crippen molar-refractivity contribution in [3.8, 4) is 5.75 Å². The zero-order valence-corrected chi connectivity index (χ0v) is 19.4. The molecule has 2 aromatic heterocycles. The Morgan fingerprint density at radius 1 is 1.28 bits per heavy atom. The van der Waals surface area contributed by atoms with Crippen molar-refractivity contribution in [3.63, 3.8) is 0 Å². The zero-order valence-electron chi connectivity index (χ0n) is 18.4. The van der Waals surface area contributed by atoms with Crippen LogP contribution in [0.25, 0.3) is 0 Å². The Balaban J connectivity index is 0.00000289. The summed E-state index contributed by atoms with van der Waals surface area (Å²) in [7, 11) is 3.35. The summed E-state index contributed by atoms with van der Waals surface area (Å²) in [6.07, 6.45) is 3.72. The second kappa shape index (κ2) is 9.47. The molecule has 2 N–H and O–H groups in total. The first-order valence-corrected chi connectivity index (χ1v) is 9.98. The molecule has 32 heavy (non-hydrogen) atoms. The van der Waals surface area contributed by atoms with Crippen LogP contribution in [0.1, 0.15) is 23.7 Å². The van der Waals surface area contributed by atoms with Crippen molar-refractivity contribution in [2.45, 2.75) is 33.0 Å². The number of hydrogen-bond acceptors (Lipinski definition) is 6. The molecule has 3 aromatic rings. The van der Waals surface area contributed by atoms with E-state index in [0.29, 0.717) is 13.1 Å². The molecule has 1 aromatic carbocycles. The molecule has 0 radical (unpaired) electrons. The number of aromatic nitrogens is 3. The van der Waals surface area contributed by atoms with E-state index in [2.05, 4.69) is 20.7 Å². The molecule has 170 valence electrons. The molecule has 0 fully saturated rings. The van der Waals surface area contributed by atoms with Gasteiger partial charge >= 0.3 is 0 Å². The number of aryl methyl sites for hydroxylation is 1. The van der Waals surface area contributed by atoms with Crippen LogP contribution in [0, 0.1) is 12.7 Å². The fourth-order valence-electron chi connectivity index (χ4n) is 3.56. The molecule has 1 aliphatic heterocycles. The van der Waals surface area contributed by atoms with E-state index >= 15 is 0 Å². The SMILES string of the molecule is COc1cc(Cn2cc(CNc3cc4c(c(C)n3)NC(=O)[C@H](C)N4C)cn2)ccc1F.S. The second-order valence-electron chi connectivity index (χ2n) is 7.63. The molecule has 1 atom stereocenters. The maximum atomic E-state index is 13.6. The van der Waals surface area contributed by atoms with Gasteiger partial charge in [0.15, 0.2) is 11.6 Å². The van der Waals surface area contributed by atoms with Crippen molar-refractivity contribution in [2.24, 2.45) is 0 Å². The van der Waals surface area contributed by atoms with Crippen LogP contribution in [0.4, 0.5) is 21.6 Å². The Labute approximate surface area is 193 Å². The number of amides is 1. The van der Waals surface area contributed by atoms with E-state index < -0.39 is 0 Å². The van der Waals surface area contributed by atoms with Gasteiger partial charge in [0.1, 0.15) is 11.9 Å². The lowest BCUT2D eigenvalue weighted by Crippen LogP contribution is -2.44. The molecule has 0 spiro atoms. The third-order valence-electron chi connectivity index (χ3n) is 5.49. The van der Waals surface area contributed by atoms with Gasteiger partial charge in [-0.2, -0.15) is 18.6 Å². The quantitative estimate of drug-likeness (QED) is 0.590. The summed E-state index contributed by atoms with van der Waals surface area (Å²) >= 11 is 0. The number of likely N-dealkylation sites (N-methyl/N-ethyl adjacent to an activating group) is 1. The fraction of sp³-hybridized carbons (Fsp3) is 0.318. The molecule has 8 nitrogen and oxygen atoms in total. The number of nitrogens with zero attached hydrogens (tertiary/aromatic N) is 4. The normalized spacial score (nSPS) is 15.0. The summed E-state index contributed by atoms with van der Waals surface area (Å²) in [5, 5.41) is 10.6. The summed E-state index contributed by atoms with van der Waals surface area (Å²) in [6.45, 7) is 4.80. The summed E-state index contributed by atoms with van der Waals surface area (Å²) in [5.74, 6) is 0.522. The van der Waals surface area contributed by atoms with Crippen LogP contribution < -0.4 is 20.3 Å². The average molecular weight is 459 g/mol. The first-order chi connectivity index (χ1) is 14.9. The number of rotatable bonds is 6. The first kappa shape index (κ1) is 23.4. The average Bonchev–Trinajstić information content (AvgIpc) is 3.20. The number of halogens is 1. The van der Waals surface area contributed by atoms with E-state index in [1.54, 1.807) is 23.0 Å². The minimum Gasteiger partial charge on any atom is -0.494 e. The van der Waals surface area contributed by atoms with Gasteiger partial charge in [0, 0.05) is 31.4 Å². The number of carbonyl (C=O) groups excluding carboxylic acids is 1. The number of methoxy groups -OCH3 is 1. The number of fused-ring (bicyclic) bond motifs is 1. The van der Waals surface area contributed by atoms with Crippen LogP contribution >= 0.6 is 13.5 Å². The Morgan fingerprint density at radius 2 is 2.06 bits per heavy atom. The molecule has 3 heterocycles. The molecule has 0 aliphatic carbocycles. The maximum absolute atomic E-state index is 13.6. The molecule has 10 heteroatoms. The summed E-state index contributed by atoms with van der Waals surface area (Å²) in [4.78, 5) is 18.6. The van der Waals surface area contributed by atoms with E-state index in [1.165, 1.54) is 13.2 Å². The van der Waals surface area contributed by atoms with Gasteiger partial charge in [-0.05, 0) is 31.5 Å². The Bertz CT molecular complexity index is 1140. The van der Waals surface area contributed by atoms with Crippen molar-refractivity contribution in [1.29, 1.82) is 0 Å². The fourth-order valence-corrected chi connectivity index (χ4v) is 3.56. The monoisotopic (exact) mass is 458 g/mol. The van der Waals surface area contributed by atoms with Crippen molar-refractivity contribution < 1.29 is 13.9 Å². The molecule has 1 amide bonds. The lowest BCUT2D eigenvalue weighted by Gasteiger charge is -2.34. The van der Waals surface area contributed by atoms with Gasteiger partial charge < -0.3 is 20.3 Å². The predicted octanol–water partition coefficient (Wildman–Crippen LogP) is 3.28. The van der Waals surface area contributed by atoms with Gasteiger partial charge in [-0.3, -0.25) is 9.48 Å². The standard InChI is InChI=1S/C22H25FN6O2.H2S/c1-13-21-18(28(3)14(2)22(30)27-21)8-20(26-13)24-9-16-10-25-29(12-16)11-15-5-6-17(23)19(7-15)31-4;/h5-8,10,12,14H,9,11H2,1-4H3,(H,24,26)(H,27,30);1H2/t14-;/m0./s1. The topological polar surface area (TPSA) is 84.3 Å². The van der Waals surface area contributed by atoms with E-state index in [0.717, 1.165) is 34.0 Å². The number of pyridine rings is 1. The van der Waals surface area contributed by atoms with E-state index in [4.69, 9.17) is 4.74 Å². The van der Waals surface area contributed by atoms with E-state index in [9.17, 15) is 9.18 Å². The summed E-state index contributed by atoms with van der Waals surface area (Å²) in [6, 6.07) is 6.47. The van der Waals surface area contributed by atoms with E-state index in [-0.39, 0.29) is 37.0 Å². The van der Waals surface area contributed by atoms with Crippen molar-refractivity contribution >= 4 is 36.6 Å². The highest BCUT2D eigenvalue weighted by atomic mass is 32.1. The van der Waals surface area contributed by atoms with Crippen LogP contribution in [0.15, 0.2) is 36.7 Å². The van der Waals surface area contributed by atoms with Crippen LogP contribution in [0.5, 0.6) is 5.75 Å². The van der Waals surface area contributed by atoms with Crippen LogP contribution in [-0.2, 0) is 17.9 Å². The smallest absolute Gasteiger partial charge is 0.246 e. The number of carbonyl (C=O) groups is 1. The third-order valence-corrected chi connectivity index (χ3v) is 5.49. The van der Waals surface area contributed by atoms with Crippen LogP contribution in [0.2, 0.25) is 0 Å². The number of anilines is 3. The zero-order chi connectivity index (χ0) is 22.1. The van der Waals surface area contributed by atoms with Crippen molar-refractivity contribution in [2.75, 3.05) is 29.7 Å². The molecular weight excluding hydrogens is 431 g/mol. The molecule has 0 saturated carbocycles. The summed E-state index contributed by atoms with van der Waals surface area (Å²) in [5.41, 5.74) is 4.32. The van der Waals surface area contributed by atoms with Crippen molar-refractivity contribution in [3.05, 3.63) is 59.3 Å². The minimum atomic E-state index is -0.385. The Hall–Kier alpha value is -3.27. The van der Waals surface area contributed by atoms with Gasteiger partial charge in [0.2, 0.25) is 5.91 Å². The number of ether oxygens (including phenoxy) is 1. The molecule has 0 bridgehead atoms. The number of benzene rings is 1. The van der Waals surface area contributed by atoms with E-state index in [1.807, 2.05) is 38.1 Å². The molecule has 0 saturated heterocycles. The highest BCUT2D eigenvalue weighted by Crippen LogP contribution is 2.34. The van der Waals surface area contributed by atoms with Gasteiger partial charge in [-0.15, -0.1) is 0 Å². The molecule has 0 unspecified atom stereocenters. The lowest BCUT2D eigenvalue weighted by molar-refractivity contribution is -0.117. The van der Waals surface area contributed by atoms with Gasteiger partial charge in [0.05, 0.1) is 36.9 Å². The Kier molecular flexibility index (Phi) is 6.93. The van der Waals surface area contributed by atoms with Gasteiger partial charge in [-0.25, -0.2) is 9.37 Å². The van der Waals surface area contributed by atoms with Gasteiger partial charge in [0.25, 0.3) is 0 Å². The minimum absolute atomic E-state index is 0. The summed E-state index contributed by atoms with van der Waals surface area (Å²) < 4.78 is 20.4. The van der Waals surface area contributed by atoms with Crippen LogP contribution in [0.3, 0.4) is 0 Å². The lowest BCUT2D eigenvalue weighted by atomic mass is 10.1. The highest BCUT2D eigenvalue weighted by molar-refractivity contribution is 7.59. The molecular formula is C22H27FN6O2S. The Morgan fingerprint density at radius 3 is 2.81 bits per heavy atom. The van der Waals surface area contributed by atoms with Crippen LogP contribution in [-0.4, -0.2) is 40.9 Å². The predicted molar refractivity (Wildman–Crippen MR) is 127 cm³/mol. The molecule has 1 aliphatic rings. The molecule has 4 rings (SSSR count). The number of nitrogens with one attached hydrogen (secondary N) is 2. The highest BCUT2D eigenvalue weighted by Gasteiger charge is 2.28. The second-order valence-corrected chi connectivity index (χ2v) is 7.63. The number of hydrogen-bond donors (Lipinski definition) is 2. The third kappa shape index (κ3) is 4.64. The van der Waals surface area contributed by atoms with Gasteiger partial charge in [-0.1, -0.05) is 6.07 Å². The first-order valence-electron chi connectivity index (χ1n) is 9.98.